The highest BCUT2D eigenvalue weighted by atomic mass is 16.5. The standard InChI is InChI=1S/C24H26N2O3/c1-5-17-9-10-22(21(12-17)24(27)28)26-19-11-16(4)23(25-14-19)18-7-6-8-20(13-18)29-15(2)3/h6-15,26H,5H2,1-4H3,(H,27,28). The zero-order chi connectivity index (χ0) is 21.0. The molecular weight excluding hydrogens is 364 g/mol. The molecule has 0 saturated heterocycles. The first-order valence-corrected chi connectivity index (χ1v) is 9.74. The van der Waals surface area contributed by atoms with Gasteiger partial charge in [-0.3, -0.25) is 4.98 Å². The molecular formula is C24H26N2O3. The fraction of sp³-hybridized carbons (Fsp3) is 0.250. The monoisotopic (exact) mass is 390 g/mol. The van der Waals surface area contributed by atoms with Crippen molar-refractivity contribution in [3.63, 3.8) is 0 Å². The van der Waals surface area contributed by atoms with E-state index in [-0.39, 0.29) is 11.7 Å². The molecule has 3 rings (SSSR count). The topological polar surface area (TPSA) is 71.5 Å². The van der Waals surface area contributed by atoms with Gasteiger partial charge in [-0.05, 0) is 68.7 Å². The lowest BCUT2D eigenvalue weighted by Gasteiger charge is -2.14. The molecule has 0 aliphatic heterocycles. The molecule has 0 fully saturated rings. The van der Waals surface area contributed by atoms with E-state index in [4.69, 9.17) is 4.74 Å². The van der Waals surface area contributed by atoms with Gasteiger partial charge in [-0.1, -0.05) is 25.1 Å². The number of aromatic carboxylic acids is 1. The molecule has 2 N–H and O–H groups in total. The van der Waals surface area contributed by atoms with E-state index in [1.165, 1.54) is 0 Å². The Morgan fingerprint density at radius 1 is 1.17 bits per heavy atom. The molecule has 150 valence electrons. The predicted octanol–water partition coefficient (Wildman–Crippen LogP) is 5.85. The minimum Gasteiger partial charge on any atom is -0.491 e. The zero-order valence-corrected chi connectivity index (χ0v) is 17.2. The number of aryl methyl sites for hydroxylation is 2. The number of benzene rings is 2. The van der Waals surface area contributed by atoms with E-state index in [0.717, 1.165) is 40.2 Å². The summed E-state index contributed by atoms with van der Waals surface area (Å²) in [6, 6.07) is 15.3. The van der Waals surface area contributed by atoms with Crippen LogP contribution in [0.5, 0.6) is 5.75 Å². The highest BCUT2D eigenvalue weighted by molar-refractivity contribution is 5.95. The summed E-state index contributed by atoms with van der Waals surface area (Å²) >= 11 is 0. The van der Waals surface area contributed by atoms with Gasteiger partial charge in [0, 0.05) is 5.56 Å². The predicted molar refractivity (Wildman–Crippen MR) is 116 cm³/mol. The average molecular weight is 390 g/mol. The number of carboxylic acids is 1. The molecule has 1 aromatic heterocycles. The molecule has 2 aromatic carbocycles. The number of hydrogen-bond acceptors (Lipinski definition) is 4. The normalized spacial score (nSPS) is 10.8. The van der Waals surface area contributed by atoms with Gasteiger partial charge in [0.1, 0.15) is 5.75 Å². The summed E-state index contributed by atoms with van der Waals surface area (Å²) in [6.45, 7) is 7.98. The fourth-order valence-electron chi connectivity index (χ4n) is 3.19. The van der Waals surface area contributed by atoms with Crippen LogP contribution in [0.2, 0.25) is 0 Å². The molecule has 5 nitrogen and oxygen atoms in total. The summed E-state index contributed by atoms with van der Waals surface area (Å²) in [5.74, 6) is -0.144. The van der Waals surface area contributed by atoms with Gasteiger partial charge in [0.25, 0.3) is 0 Å². The van der Waals surface area contributed by atoms with E-state index in [0.29, 0.717) is 5.69 Å². The number of aromatic nitrogens is 1. The SMILES string of the molecule is CCc1ccc(Nc2cnc(-c3cccc(OC(C)C)c3)c(C)c2)c(C(=O)O)c1. The highest BCUT2D eigenvalue weighted by Gasteiger charge is 2.12. The number of ether oxygens (including phenoxy) is 1. The largest absolute Gasteiger partial charge is 0.491 e. The van der Waals surface area contributed by atoms with Crippen LogP contribution < -0.4 is 10.1 Å². The quantitative estimate of drug-likeness (QED) is 0.529. The maximum Gasteiger partial charge on any atom is 0.337 e. The van der Waals surface area contributed by atoms with Gasteiger partial charge in [-0.15, -0.1) is 0 Å². The number of pyridine rings is 1. The molecule has 0 aliphatic rings. The van der Waals surface area contributed by atoms with Crippen molar-refractivity contribution >= 4 is 17.3 Å². The second-order valence-electron chi connectivity index (χ2n) is 7.25. The lowest BCUT2D eigenvalue weighted by molar-refractivity contribution is 0.0698. The molecule has 0 bridgehead atoms. The lowest BCUT2D eigenvalue weighted by atomic mass is 10.0. The third-order valence-electron chi connectivity index (χ3n) is 4.56. The van der Waals surface area contributed by atoms with E-state index in [1.807, 2.05) is 64.1 Å². The van der Waals surface area contributed by atoms with Gasteiger partial charge in [0.05, 0.1) is 34.9 Å². The Balaban J connectivity index is 1.88. The molecule has 0 saturated carbocycles. The van der Waals surface area contributed by atoms with Crippen molar-refractivity contribution in [3.8, 4) is 17.0 Å². The van der Waals surface area contributed by atoms with Crippen LogP contribution in [0.15, 0.2) is 54.7 Å². The summed E-state index contributed by atoms with van der Waals surface area (Å²) in [5.41, 5.74) is 5.36. The van der Waals surface area contributed by atoms with Crippen molar-refractivity contribution in [2.45, 2.75) is 40.2 Å². The van der Waals surface area contributed by atoms with Crippen molar-refractivity contribution in [3.05, 3.63) is 71.4 Å². The van der Waals surface area contributed by atoms with E-state index in [1.54, 1.807) is 18.3 Å². The Bertz CT molecular complexity index is 1030. The molecule has 1 heterocycles. The van der Waals surface area contributed by atoms with Crippen LogP contribution in [0.25, 0.3) is 11.3 Å². The van der Waals surface area contributed by atoms with Crippen molar-refractivity contribution in [1.82, 2.24) is 4.98 Å². The maximum atomic E-state index is 11.6. The summed E-state index contributed by atoms with van der Waals surface area (Å²) in [5, 5.41) is 12.7. The van der Waals surface area contributed by atoms with Crippen LogP contribution in [0.4, 0.5) is 11.4 Å². The van der Waals surface area contributed by atoms with Crippen molar-refractivity contribution < 1.29 is 14.6 Å². The summed E-state index contributed by atoms with van der Waals surface area (Å²) < 4.78 is 5.78. The Morgan fingerprint density at radius 3 is 2.62 bits per heavy atom. The van der Waals surface area contributed by atoms with E-state index in [9.17, 15) is 9.90 Å². The Kier molecular flexibility index (Phi) is 6.17. The van der Waals surface area contributed by atoms with Gasteiger partial charge < -0.3 is 15.2 Å². The molecule has 29 heavy (non-hydrogen) atoms. The molecule has 5 heteroatoms. The molecule has 0 atom stereocenters. The van der Waals surface area contributed by atoms with Gasteiger partial charge in [0.15, 0.2) is 0 Å². The van der Waals surface area contributed by atoms with Gasteiger partial charge in [0.2, 0.25) is 0 Å². The second kappa shape index (κ2) is 8.78. The number of hydrogen-bond donors (Lipinski definition) is 2. The Labute approximate surface area is 171 Å². The third-order valence-corrected chi connectivity index (χ3v) is 4.56. The van der Waals surface area contributed by atoms with E-state index >= 15 is 0 Å². The van der Waals surface area contributed by atoms with Crippen molar-refractivity contribution in [1.29, 1.82) is 0 Å². The van der Waals surface area contributed by atoms with Crippen LogP contribution in [-0.4, -0.2) is 22.2 Å². The minimum atomic E-state index is -0.953. The summed E-state index contributed by atoms with van der Waals surface area (Å²) in [4.78, 5) is 16.2. The van der Waals surface area contributed by atoms with Crippen molar-refractivity contribution in [2.75, 3.05) is 5.32 Å². The second-order valence-corrected chi connectivity index (χ2v) is 7.25. The molecule has 3 aromatic rings. The van der Waals surface area contributed by atoms with E-state index in [2.05, 4.69) is 10.3 Å². The number of anilines is 2. The Hall–Kier alpha value is -3.34. The number of nitrogens with one attached hydrogen (secondary N) is 1. The van der Waals surface area contributed by atoms with Gasteiger partial charge in [-0.2, -0.15) is 0 Å². The first-order valence-electron chi connectivity index (χ1n) is 9.74. The number of nitrogens with zero attached hydrogens (tertiary/aromatic N) is 1. The molecule has 0 spiro atoms. The van der Waals surface area contributed by atoms with Gasteiger partial charge >= 0.3 is 5.97 Å². The smallest absolute Gasteiger partial charge is 0.337 e. The van der Waals surface area contributed by atoms with Crippen LogP contribution in [0.1, 0.15) is 42.3 Å². The van der Waals surface area contributed by atoms with Crippen molar-refractivity contribution in [2.24, 2.45) is 0 Å². The average Bonchev–Trinajstić information content (AvgIpc) is 2.68. The summed E-state index contributed by atoms with van der Waals surface area (Å²) in [6.07, 6.45) is 2.61. The fourth-order valence-corrected chi connectivity index (χ4v) is 3.19. The molecule has 0 aliphatic carbocycles. The minimum absolute atomic E-state index is 0.105. The number of rotatable bonds is 7. The number of carbonyl (C=O) groups is 1. The van der Waals surface area contributed by atoms with Gasteiger partial charge in [-0.25, -0.2) is 4.79 Å². The lowest BCUT2D eigenvalue weighted by Crippen LogP contribution is -2.05. The Morgan fingerprint density at radius 2 is 1.97 bits per heavy atom. The number of carboxylic acid groups (broad SMARTS) is 1. The van der Waals surface area contributed by atoms with Crippen LogP contribution in [0.3, 0.4) is 0 Å². The molecule has 0 unspecified atom stereocenters. The third kappa shape index (κ3) is 4.93. The van der Waals surface area contributed by atoms with E-state index < -0.39 is 5.97 Å². The summed E-state index contributed by atoms with van der Waals surface area (Å²) in [7, 11) is 0. The molecule has 0 radical (unpaired) electrons. The van der Waals surface area contributed by atoms with Crippen LogP contribution in [-0.2, 0) is 6.42 Å². The van der Waals surface area contributed by atoms with Crippen LogP contribution >= 0.6 is 0 Å². The molecule has 0 amide bonds. The van der Waals surface area contributed by atoms with Crippen LogP contribution in [0, 0.1) is 6.92 Å². The first kappa shape index (κ1) is 20.4. The first-order chi connectivity index (χ1) is 13.9. The maximum absolute atomic E-state index is 11.6. The zero-order valence-electron chi connectivity index (χ0n) is 17.2. The highest BCUT2D eigenvalue weighted by Crippen LogP contribution is 2.29.